The van der Waals surface area contributed by atoms with Gasteiger partial charge >= 0.3 is 0 Å². The summed E-state index contributed by atoms with van der Waals surface area (Å²) in [5.41, 5.74) is 6.38. The zero-order valence-corrected chi connectivity index (χ0v) is 8.86. The second kappa shape index (κ2) is 3.66. The van der Waals surface area contributed by atoms with Gasteiger partial charge in [0.1, 0.15) is 0 Å². The Kier molecular flexibility index (Phi) is 2.48. The van der Waals surface area contributed by atoms with Crippen LogP contribution >= 0.6 is 0 Å². The molecule has 5 heteroatoms. The first-order chi connectivity index (χ1) is 7.18. The highest BCUT2D eigenvalue weighted by Gasteiger charge is 2.49. The van der Waals surface area contributed by atoms with E-state index in [4.69, 9.17) is 5.73 Å². The molecule has 1 aromatic heterocycles. The molecule has 82 valence electrons. The van der Waals surface area contributed by atoms with Crippen LogP contribution in [0.1, 0.15) is 18.4 Å². The zero-order chi connectivity index (χ0) is 10.9. The van der Waals surface area contributed by atoms with Gasteiger partial charge in [-0.3, -0.25) is 9.89 Å². The van der Waals surface area contributed by atoms with Gasteiger partial charge in [-0.05, 0) is 12.8 Å². The van der Waals surface area contributed by atoms with Gasteiger partial charge in [0.2, 0.25) is 5.91 Å². The Hall–Kier alpha value is -1.36. The molecule has 1 saturated carbocycles. The highest BCUT2D eigenvalue weighted by Crippen LogP contribution is 2.46. The van der Waals surface area contributed by atoms with Crippen molar-refractivity contribution in [1.82, 2.24) is 15.1 Å². The molecule has 3 N–H and O–H groups in total. The predicted octanol–water partition coefficient (Wildman–Crippen LogP) is 0.107. The number of hydrogen-bond acceptors (Lipinski definition) is 3. The molecule has 0 bridgehead atoms. The zero-order valence-electron chi connectivity index (χ0n) is 8.86. The number of H-pyrrole nitrogens is 1. The van der Waals surface area contributed by atoms with Crippen molar-refractivity contribution in [3.8, 4) is 0 Å². The highest BCUT2D eigenvalue weighted by molar-refractivity contribution is 5.85. The molecule has 1 fully saturated rings. The van der Waals surface area contributed by atoms with Crippen LogP contribution < -0.4 is 5.73 Å². The van der Waals surface area contributed by atoms with E-state index in [0.717, 1.165) is 18.4 Å². The Morgan fingerprint density at radius 1 is 1.73 bits per heavy atom. The van der Waals surface area contributed by atoms with Gasteiger partial charge in [0.25, 0.3) is 0 Å². The van der Waals surface area contributed by atoms with Crippen LogP contribution in [-0.2, 0) is 11.3 Å². The van der Waals surface area contributed by atoms with E-state index in [1.54, 1.807) is 17.3 Å². The van der Waals surface area contributed by atoms with E-state index in [1.807, 2.05) is 7.05 Å². The van der Waals surface area contributed by atoms with Crippen LogP contribution in [0, 0.1) is 5.41 Å². The van der Waals surface area contributed by atoms with Crippen LogP contribution in [-0.4, -0.2) is 34.6 Å². The Morgan fingerprint density at radius 2 is 2.47 bits per heavy atom. The number of nitrogens with one attached hydrogen (secondary N) is 1. The summed E-state index contributed by atoms with van der Waals surface area (Å²) in [4.78, 5) is 13.7. The minimum absolute atomic E-state index is 0.159. The smallest absolute Gasteiger partial charge is 0.230 e. The Morgan fingerprint density at radius 3 is 2.93 bits per heavy atom. The second-order valence-corrected chi connectivity index (χ2v) is 4.25. The fraction of sp³-hybridized carbons (Fsp3) is 0.600. The van der Waals surface area contributed by atoms with Crippen LogP contribution in [0.15, 0.2) is 12.4 Å². The van der Waals surface area contributed by atoms with Gasteiger partial charge in [-0.1, -0.05) is 0 Å². The van der Waals surface area contributed by atoms with Gasteiger partial charge in [0.05, 0.1) is 11.6 Å². The molecule has 0 unspecified atom stereocenters. The number of hydrogen-bond donors (Lipinski definition) is 2. The van der Waals surface area contributed by atoms with E-state index < -0.39 is 0 Å². The maximum Gasteiger partial charge on any atom is 0.230 e. The Balaban J connectivity index is 1.96. The fourth-order valence-corrected chi connectivity index (χ4v) is 1.77. The largest absolute Gasteiger partial charge is 0.341 e. The average Bonchev–Trinajstić information content (AvgIpc) is 2.89. The van der Waals surface area contributed by atoms with Crippen molar-refractivity contribution < 1.29 is 4.79 Å². The lowest BCUT2D eigenvalue weighted by Crippen LogP contribution is -2.37. The van der Waals surface area contributed by atoms with Crippen LogP contribution in [0.4, 0.5) is 0 Å². The number of rotatable bonds is 4. The minimum Gasteiger partial charge on any atom is -0.341 e. The summed E-state index contributed by atoms with van der Waals surface area (Å²) >= 11 is 0. The average molecular weight is 208 g/mol. The number of carbonyl (C=O) groups is 1. The van der Waals surface area contributed by atoms with Crippen molar-refractivity contribution in [2.24, 2.45) is 11.1 Å². The van der Waals surface area contributed by atoms with Crippen molar-refractivity contribution in [2.75, 3.05) is 13.6 Å². The lowest BCUT2D eigenvalue weighted by atomic mass is 10.1. The normalized spacial score (nSPS) is 17.5. The Labute approximate surface area is 88.6 Å². The lowest BCUT2D eigenvalue weighted by molar-refractivity contribution is -0.135. The molecule has 0 spiro atoms. The first-order valence-corrected chi connectivity index (χ1v) is 5.11. The van der Waals surface area contributed by atoms with Crippen molar-refractivity contribution in [1.29, 1.82) is 0 Å². The summed E-state index contributed by atoms with van der Waals surface area (Å²) in [5, 5.41) is 6.57. The maximum atomic E-state index is 12.0. The molecule has 0 saturated heterocycles. The topological polar surface area (TPSA) is 75.0 Å². The standard InChI is InChI=1S/C10H16N4O/c1-14(6-8-4-12-13-5-8)9(15)10(7-11)2-3-10/h4-5H,2-3,6-7,11H2,1H3,(H,12,13). The van der Waals surface area contributed by atoms with Gasteiger partial charge < -0.3 is 10.6 Å². The van der Waals surface area contributed by atoms with E-state index >= 15 is 0 Å². The van der Waals surface area contributed by atoms with Crippen molar-refractivity contribution >= 4 is 5.91 Å². The molecule has 0 atom stereocenters. The van der Waals surface area contributed by atoms with E-state index in [1.165, 1.54) is 0 Å². The van der Waals surface area contributed by atoms with Crippen molar-refractivity contribution in [3.05, 3.63) is 18.0 Å². The third-order valence-corrected chi connectivity index (χ3v) is 3.02. The first kappa shape index (κ1) is 10.2. The molecule has 0 radical (unpaired) electrons. The number of aromatic amines is 1. The summed E-state index contributed by atoms with van der Waals surface area (Å²) in [6.45, 7) is 1.05. The molecule has 15 heavy (non-hydrogen) atoms. The van der Waals surface area contributed by atoms with E-state index in [0.29, 0.717) is 13.1 Å². The summed E-state index contributed by atoms with van der Waals surface area (Å²) < 4.78 is 0. The molecule has 1 aliphatic carbocycles. The van der Waals surface area contributed by atoms with Crippen LogP contribution in [0.25, 0.3) is 0 Å². The van der Waals surface area contributed by atoms with Crippen molar-refractivity contribution in [2.45, 2.75) is 19.4 Å². The first-order valence-electron chi connectivity index (χ1n) is 5.11. The van der Waals surface area contributed by atoms with Gasteiger partial charge in [0.15, 0.2) is 0 Å². The number of carbonyl (C=O) groups excluding carboxylic acids is 1. The van der Waals surface area contributed by atoms with E-state index in [2.05, 4.69) is 10.2 Å². The van der Waals surface area contributed by atoms with Crippen LogP contribution in [0.5, 0.6) is 0 Å². The van der Waals surface area contributed by atoms with E-state index in [-0.39, 0.29) is 11.3 Å². The monoisotopic (exact) mass is 208 g/mol. The summed E-state index contributed by atoms with van der Waals surface area (Å²) in [7, 11) is 1.81. The molecule has 0 aliphatic heterocycles. The number of aromatic nitrogens is 2. The van der Waals surface area contributed by atoms with Gasteiger partial charge in [-0.2, -0.15) is 5.10 Å². The molecule has 1 amide bonds. The number of amides is 1. The van der Waals surface area contributed by atoms with Crippen LogP contribution in [0.2, 0.25) is 0 Å². The Bertz CT molecular complexity index is 342. The summed E-state index contributed by atoms with van der Waals surface area (Å²) in [6, 6.07) is 0. The quantitative estimate of drug-likeness (QED) is 0.737. The molecule has 1 aliphatic rings. The summed E-state index contributed by atoms with van der Waals surface area (Å²) in [6.07, 6.45) is 5.38. The minimum atomic E-state index is -0.252. The molecule has 1 heterocycles. The number of nitrogens with two attached hydrogens (primary N) is 1. The third kappa shape index (κ3) is 1.87. The molecule has 2 rings (SSSR count). The molecular weight excluding hydrogens is 192 g/mol. The summed E-state index contributed by atoms with van der Waals surface area (Å²) in [5.74, 6) is 0.159. The van der Waals surface area contributed by atoms with Gasteiger partial charge in [0, 0.05) is 31.9 Å². The molecule has 5 nitrogen and oxygen atoms in total. The molecular formula is C10H16N4O. The van der Waals surface area contributed by atoms with E-state index in [9.17, 15) is 4.79 Å². The number of nitrogens with zero attached hydrogens (tertiary/aromatic N) is 2. The van der Waals surface area contributed by atoms with Crippen LogP contribution in [0.3, 0.4) is 0 Å². The van der Waals surface area contributed by atoms with Crippen molar-refractivity contribution in [3.63, 3.8) is 0 Å². The predicted molar refractivity (Wildman–Crippen MR) is 55.8 cm³/mol. The maximum absolute atomic E-state index is 12.0. The van der Waals surface area contributed by atoms with Gasteiger partial charge in [-0.25, -0.2) is 0 Å². The molecule has 0 aromatic carbocycles. The lowest BCUT2D eigenvalue weighted by Gasteiger charge is -2.21. The SMILES string of the molecule is CN(Cc1cn[nH]c1)C(=O)C1(CN)CC1. The fourth-order valence-electron chi connectivity index (χ4n) is 1.77. The molecule has 1 aromatic rings. The third-order valence-electron chi connectivity index (χ3n) is 3.02. The second-order valence-electron chi connectivity index (χ2n) is 4.25. The van der Waals surface area contributed by atoms with Gasteiger partial charge in [-0.15, -0.1) is 0 Å². The highest BCUT2D eigenvalue weighted by atomic mass is 16.2.